The summed E-state index contributed by atoms with van der Waals surface area (Å²) in [5.41, 5.74) is -0.379. The molecule has 0 heterocycles. The van der Waals surface area contributed by atoms with E-state index in [0.29, 0.717) is 6.07 Å². The second-order valence-corrected chi connectivity index (χ2v) is 9.27. The van der Waals surface area contributed by atoms with E-state index in [0.717, 1.165) is 31.2 Å². The first kappa shape index (κ1) is 31.2. The zero-order chi connectivity index (χ0) is 24.6. The van der Waals surface area contributed by atoms with E-state index in [4.69, 9.17) is 0 Å². The largest absolute Gasteiger partial charge is 1.00 e. The third kappa shape index (κ3) is 7.60. The van der Waals surface area contributed by atoms with Crippen molar-refractivity contribution in [3.8, 4) is 0 Å². The molecule has 0 unspecified atom stereocenters. The van der Waals surface area contributed by atoms with Gasteiger partial charge >= 0.3 is 59.1 Å². The number of nitro benzene ring substituents is 1. The van der Waals surface area contributed by atoms with Crippen LogP contribution in [0.1, 0.15) is 6.92 Å². The fraction of sp³-hybridized carbons (Fsp3) is 0.0556. The maximum atomic E-state index is 11.7. The molecule has 3 aromatic rings. The molecule has 0 bridgehead atoms. The van der Waals surface area contributed by atoms with Crippen molar-refractivity contribution in [3.63, 3.8) is 0 Å². The normalized spacial score (nSPS) is 11.5. The Morgan fingerprint density at radius 2 is 1.49 bits per heavy atom. The van der Waals surface area contributed by atoms with Gasteiger partial charge in [0.2, 0.25) is 5.91 Å². The Balaban J connectivity index is 0.00000306. The molecular weight excluding hydrogens is 526 g/mol. The fourth-order valence-corrected chi connectivity index (χ4v) is 4.18. The molecule has 172 valence electrons. The van der Waals surface area contributed by atoms with Crippen molar-refractivity contribution < 1.29 is 94.8 Å². The van der Waals surface area contributed by atoms with Gasteiger partial charge in [-0.3, -0.25) is 14.9 Å². The fourth-order valence-electron chi connectivity index (χ4n) is 2.86. The van der Waals surface area contributed by atoms with Crippen molar-refractivity contribution in [2.45, 2.75) is 16.7 Å². The molecule has 0 aromatic heterocycles. The molecule has 1 N–H and O–H groups in total. The number of nitrogens with one attached hydrogen (secondary N) is 1. The summed E-state index contributed by atoms with van der Waals surface area (Å²) in [6.07, 6.45) is 0. The van der Waals surface area contributed by atoms with Crippen LogP contribution in [0.15, 0.2) is 68.6 Å². The van der Waals surface area contributed by atoms with Crippen LogP contribution in [0.25, 0.3) is 10.8 Å². The van der Waals surface area contributed by atoms with E-state index in [1.807, 2.05) is 0 Å². The molecule has 0 atom stereocenters. The van der Waals surface area contributed by atoms with Gasteiger partial charge in [-0.1, -0.05) is 6.07 Å². The minimum Gasteiger partial charge on any atom is -0.744 e. The van der Waals surface area contributed by atoms with Crippen LogP contribution in [-0.2, 0) is 25.0 Å². The van der Waals surface area contributed by atoms with Gasteiger partial charge in [-0.05, 0) is 30.3 Å². The predicted molar refractivity (Wildman–Crippen MR) is 111 cm³/mol. The van der Waals surface area contributed by atoms with Gasteiger partial charge in [-0.15, -0.1) is 5.11 Å². The molecule has 0 aliphatic heterocycles. The first-order chi connectivity index (χ1) is 15.3. The summed E-state index contributed by atoms with van der Waals surface area (Å²) in [5.74, 6) is -0.564. The smallest absolute Gasteiger partial charge is 0.744 e. The van der Waals surface area contributed by atoms with Crippen LogP contribution in [-0.4, -0.2) is 36.8 Å². The summed E-state index contributed by atoms with van der Waals surface area (Å²) >= 11 is 0. The molecule has 0 aliphatic carbocycles. The zero-order valence-electron chi connectivity index (χ0n) is 18.5. The zero-order valence-corrected chi connectivity index (χ0v) is 24.1. The number of carbonyl (C=O) groups is 1. The Kier molecular flexibility index (Phi) is 10.7. The number of amides is 1. The average Bonchev–Trinajstić information content (AvgIpc) is 2.70. The van der Waals surface area contributed by atoms with E-state index in [9.17, 15) is 40.8 Å². The van der Waals surface area contributed by atoms with E-state index >= 15 is 0 Å². The number of benzene rings is 3. The van der Waals surface area contributed by atoms with E-state index < -0.39 is 40.9 Å². The van der Waals surface area contributed by atoms with Gasteiger partial charge in [0.25, 0.3) is 5.69 Å². The van der Waals surface area contributed by atoms with Crippen molar-refractivity contribution in [3.05, 3.63) is 58.6 Å². The number of nitrogens with zero attached hydrogens (tertiary/aromatic N) is 3. The molecule has 13 nitrogen and oxygen atoms in total. The van der Waals surface area contributed by atoms with Crippen molar-refractivity contribution in [2.24, 2.45) is 10.2 Å². The summed E-state index contributed by atoms with van der Waals surface area (Å²) in [6.45, 7) is 1.16. The number of fused-ring (bicyclic) bond motifs is 1. The van der Waals surface area contributed by atoms with Gasteiger partial charge < -0.3 is 14.4 Å². The second-order valence-electron chi connectivity index (χ2n) is 6.54. The van der Waals surface area contributed by atoms with Crippen LogP contribution < -0.4 is 64.4 Å². The summed E-state index contributed by atoms with van der Waals surface area (Å²) in [4.78, 5) is 19.8. The van der Waals surface area contributed by atoms with E-state index in [-0.39, 0.29) is 92.6 Å². The van der Waals surface area contributed by atoms with Crippen LogP contribution >= 0.6 is 0 Å². The number of rotatable bonds is 6. The molecule has 17 heteroatoms. The van der Waals surface area contributed by atoms with E-state index in [2.05, 4.69) is 15.5 Å². The van der Waals surface area contributed by atoms with Gasteiger partial charge in [-0.2, -0.15) is 5.11 Å². The summed E-state index contributed by atoms with van der Waals surface area (Å²) in [6, 6.07) is 8.42. The van der Waals surface area contributed by atoms with E-state index in [1.165, 1.54) is 18.2 Å². The van der Waals surface area contributed by atoms with Crippen LogP contribution in [0.2, 0.25) is 0 Å². The maximum absolute atomic E-state index is 11.7. The molecule has 0 spiro atoms. The molecule has 3 rings (SSSR count). The Bertz CT molecular complexity index is 1540. The van der Waals surface area contributed by atoms with Crippen molar-refractivity contribution in [2.75, 3.05) is 5.32 Å². The summed E-state index contributed by atoms with van der Waals surface area (Å²) in [7, 11) is -10.4. The Morgan fingerprint density at radius 1 is 0.886 bits per heavy atom. The third-order valence-corrected chi connectivity index (χ3v) is 5.93. The van der Waals surface area contributed by atoms with Crippen LogP contribution in [0.4, 0.5) is 22.7 Å². The minimum absolute atomic E-state index is 0. The van der Waals surface area contributed by atoms with Crippen LogP contribution in [0.5, 0.6) is 0 Å². The monoisotopic (exact) mass is 538 g/mol. The third-order valence-electron chi connectivity index (χ3n) is 4.24. The number of hydrogen-bond acceptors (Lipinski definition) is 11. The molecule has 0 aliphatic rings. The predicted octanol–water partition coefficient (Wildman–Crippen LogP) is -3.06. The van der Waals surface area contributed by atoms with Crippen molar-refractivity contribution in [1.82, 2.24) is 0 Å². The SMILES string of the molecule is CC(=O)Nc1ccc2c(S(=O)(=O)[O-])cc(S(=O)(=O)[O-])cc2c1N=Nc1ccc([N+](=O)[O-])cc1.[Na+].[Na+]. The molecule has 35 heavy (non-hydrogen) atoms. The molecule has 0 saturated carbocycles. The summed E-state index contributed by atoms with van der Waals surface area (Å²) in [5, 5.41) is 20.5. The minimum atomic E-state index is -5.22. The first-order valence-corrected chi connectivity index (χ1v) is 11.6. The number of anilines is 1. The quantitative estimate of drug-likeness (QED) is 0.111. The number of carbonyl (C=O) groups excluding carboxylic acids is 1. The molecule has 1 amide bonds. The number of azo groups is 1. The van der Waals surface area contributed by atoms with Gasteiger partial charge in [0.05, 0.1) is 26.1 Å². The Hall–Kier alpha value is -1.79. The topological polar surface area (TPSA) is 211 Å². The summed E-state index contributed by atoms with van der Waals surface area (Å²) < 4.78 is 69.9. The number of hydrogen-bond donors (Lipinski definition) is 1. The molecular formula is C18H12N4Na2O9S2. The molecule has 3 aromatic carbocycles. The standard InChI is InChI=1S/C18H14N4O9S2.2Na/c1-10(23)19-16-7-6-14-15(8-13(32(26,27)28)9-17(14)33(29,30)31)18(16)21-20-11-2-4-12(5-3-11)22(24)25;;/h2-9H,1H3,(H,19,23)(H,26,27,28)(H,29,30,31);;/q;2*+1/p-2. The first-order valence-electron chi connectivity index (χ1n) is 8.74. The Labute approximate surface area is 243 Å². The maximum Gasteiger partial charge on any atom is 1.00 e. The van der Waals surface area contributed by atoms with Crippen molar-refractivity contribution in [1.29, 1.82) is 0 Å². The number of non-ortho nitro benzene ring substituents is 1. The average molecular weight is 538 g/mol. The van der Waals surface area contributed by atoms with Gasteiger partial charge in [0.1, 0.15) is 25.9 Å². The van der Waals surface area contributed by atoms with Gasteiger partial charge in [0, 0.05) is 29.8 Å². The second kappa shape index (κ2) is 12.0. The van der Waals surface area contributed by atoms with Gasteiger partial charge in [0.15, 0.2) is 0 Å². The molecule has 0 radical (unpaired) electrons. The van der Waals surface area contributed by atoms with Crippen LogP contribution in [0.3, 0.4) is 0 Å². The van der Waals surface area contributed by atoms with E-state index in [1.54, 1.807) is 0 Å². The van der Waals surface area contributed by atoms with Crippen LogP contribution in [0, 0.1) is 10.1 Å². The van der Waals surface area contributed by atoms with Crippen molar-refractivity contribution >= 4 is 59.7 Å². The van der Waals surface area contributed by atoms with Gasteiger partial charge in [-0.25, -0.2) is 16.8 Å². The molecule has 0 fully saturated rings. The number of nitro groups is 1. The molecule has 0 saturated heterocycles. The Morgan fingerprint density at radius 3 is 1.97 bits per heavy atom.